The monoisotopic (exact) mass is 426 g/mol. The first kappa shape index (κ1) is 21.4. The van der Waals surface area contributed by atoms with Gasteiger partial charge in [0.05, 0.1) is 12.1 Å². The smallest absolute Gasteiger partial charge is 0.179 e. The molecule has 31 heavy (non-hydrogen) atoms. The summed E-state index contributed by atoms with van der Waals surface area (Å²) in [5.41, 5.74) is 0.0885. The quantitative estimate of drug-likeness (QED) is 0.710. The van der Waals surface area contributed by atoms with Gasteiger partial charge in [-0.05, 0) is 106 Å². The molecule has 170 valence electrons. The standard InChI is InChI=1S/C26H38N2O3/c1-16(29)23-10-13-28(27-23)15-24(30)22-7-6-21-20-5-4-17-14-25(2,31)11-8-18(17)19(20)9-12-26(21,22)3/h10,13,17-22,31H,4-9,11-12,14-15H2,1-3H3/t17-,18-,19+,20+,21-,22+,25+,26-/m0/s1. The number of aliphatic hydroxyl groups is 1. The van der Waals surface area contributed by atoms with Gasteiger partial charge in [-0.3, -0.25) is 14.3 Å². The summed E-state index contributed by atoms with van der Waals surface area (Å²) >= 11 is 0. The van der Waals surface area contributed by atoms with Crippen molar-refractivity contribution in [1.29, 1.82) is 0 Å². The highest BCUT2D eigenvalue weighted by Gasteiger charge is 2.58. The van der Waals surface area contributed by atoms with Crippen molar-refractivity contribution in [2.75, 3.05) is 0 Å². The SMILES string of the molecule is CC(=O)c1ccn(CC(=O)[C@H]2CC[C@H]3[C@@H]4CC[C@H]5C[C@](C)(O)CC[C@@H]5[C@H]4CC[C@]23C)n1. The summed E-state index contributed by atoms with van der Waals surface area (Å²) in [5, 5.41) is 14.9. The summed E-state index contributed by atoms with van der Waals surface area (Å²) in [6, 6.07) is 1.71. The fourth-order valence-corrected chi connectivity index (χ4v) is 8.52. The third-order valence-corrected chi connectivity index (χ3v) is 9.94. The molecule has 4 fully saturated rings. The fraction of sp³-hybridized carbons (Fsp3) is 0.808. The first-order chi connectivity index (χ1) is 14.7. The number of carbonyl (C=O) groups excluding carboxylic acids is 2. The van der Waals surface area contributed by atoms with Crippen molar-refractivity contribution in [2.45, 2.75) is 90.7 Å². The molecule has 0 aliphatic heterocycles. The van der Waals surface area contributed by atoms with Crippen LogP contribution in [-0.2, 0) is 11.3 Å². The molecular formula is C26H38N2O3. The summed E-state index contributed by atoms with van der Waals surface area (Å²) < 4.78 is 1.65. The zero-order chi connectivity index (χ0) is 22.0. The van der Waals surface area contributed by atoms with E-state index in [0.717, 1.165) is 43.4 Å². The van der Waals surface area contributed by atoms with E-state index in [4.69, 9.17) is 0 Å². The molecule has 1 heterocycles. The van der Waals surface area contributed by atoms with Gasteiger partial charge in [0.15, 0.2) is 11.6 Å². The first-order valence-electron chi connectivity index (χ1n) is 12.5. The minimum atomic E-state index is -0.461. The molecule has 4 saturated carbocycles. The Labute approximate surface area is 186 Å². The number of rotatable bonds is 4. The lowest BCUT2D eigenvalue weighted by molar-refractivity contribution is -0.133. The Balaban J connectivity index is 1.29. The highest BCUT2D eigenvalue weighted by atomic mass is 16.3. The number of carbonyl (C=O) groups is 2. The molecule has 5 rings (SSSR count). The van der Waals surface area contributed by atoms with Crippen LogP contribution in [0.1, 0.15) is 89.0 Å². The van der Waals surface area contributed by atoms with Crippen LogP contribution in [0.3, 0.4) is 0 Å². The molecule has 0 bridgehead atoms. The van der Waals surface area contributed by atoms with Crippen molar-refractivity contribution in [1.82, 2.24) is 9.78 Å². The Kier molecular flexibility index (Phi) is 5.19. The summed E-state index contributed by atoms with van der Waals surface area (Å²) in [6.07, 6.45) is 12.0. The van der Waals surface area contributed by atoms with Crippen LogP contribution in [0.5, 0.6) is 0 Å². The average Bonchev–Trinajstić information content (AvgIpc) is 3.31. The number of nitrogens with zero attached hydrogens (tertiary/aromatic N) is 2. The molecule has 0 amide bonds. The molecule has 0 aromatic carbocycles. The molecule has 0 saturated heterocycles. The van der Waals surface area contributed by atoms with Crippen LogP contribution in [0, 0.1) is 40.9 Å². The molecule has 0 spiro atoms. The molecule has 4 aliphatic rings. The van der Waals surface area contributed by atoms with Gasteiger partial charge in [-0.1, -0.05) is 6.92 Å². The molecule has 8 atom stereocenters. The van der Waals surface area contributed by atoms with E-state index in [1.54, 1.807) is 16.9 Å². The highest BCUT2D eigenvalue weighted by Crippen LogP contribution is 2.64. The van der Waals surface area contributed by atoms with Crippen molar-refractivity contribution in [3.63, 3.8) is 0 Å². The van der Waals surface area contributed by atoms with Crippen LogP contribution < -0.4 is 0 Å². The van der Waals surface area contributed by atoms with Gasteiger partial charge in [-0.2, -0.15) is 5.10 Å². The zero-order valence-corrected chi connectivity index (χ0v) is 19.3. The van der Waals surface area contributed by atoms with Crippen LogP contribution in [0.15, 0.2) is 12.3 Å². The molecule has 1 aromatic heterocycles. The number of ketones is 2. The van der Waals surface area contributed by atoms with Gasteiger partial charge in [-0.15, -0.1) is 0 Å². The van der Waals surface area contributed by atoms with E-state index in [1.165, 1.54) is 39.0 Å². The van der Waals surface area contributed by atoms with Gasteiger partial charge >= 0.3 is 0 Å². The van der Waals surface area contributed by atoms with Crippen molar-refractivity contribution in [3.05, 3.63) is 18.0 Å². The maximum Gasteiger partial charge on any atom is 0.179 e. The number of fused-ring (bicyclic) bond motifs is 5. The summed E-state index contributed by atoms with van der Waals surface area (Å²) in [7, 11) is 0. The minimum absolute atomic E-state index is 0.0581. The van der Waals surface area contributed by atoms with E-state index in [-0.39, 0.29) is 23.7 Å². The van der Waals surface area contributed by atoms with E-state index in [0.29, 0.717) is 23.3 Å². The van der Waals surface area contributed by atoms with Gasteiger partial charge in [-0.25, -0.2) is 0 Å². The number of Topliss-reactive ketones (excluding diaryl/α,β-unsaturated/α-hetero) is 2. The topological polar surface area (TPSA) is 72.2 Å². The largest absolute Gasteiger partial charge is 0.390 e. The molecule has 1 N–H and O–H groups in total. The van der Waals surface area contributed by atoms with Crippen molar-refractivity contribution in [3.8, 4) is 0 Å². The van der Waals surface area contributed by atoms with E-state index in [2.05, 4.69) is 12.0 Å². The predicted molar refractivity (Wildman–Crippen MR) is 118 cm³/mol. The molecule has 1 aromatic rings. The second kappa shape index (κ2) is 7.54. The Bertz CT molecular complexity index is 874. The van der Waals surface area contributed by atoms with Crippen molar-refractivity contribution < 1.29 is 14.7 Å². The number of hydrogen-bond donors (Lipinski definition) is 1. The minimum Gasteiger partial charge on any atom is -0.390 e. The lowest BCUT2D eigenvalue weighted by Gasteiger charge is -2.56. The molecule has 5 nitrogen and oxygen atoms in total. The van der Waals surface area contributed by atoms with Crippen LogP contribution in [0.25, 0.3) is 0 Å². The van der Waals surface area contributed by atoms with E-state index in [9.17, 15) is 14.7 Å². The van der Waals surface area contributed by atoms with Gasteiger partial charge in [0.1, 0.15) is 5.69 Å². The molecule has 4 aliphatic carbocycles. The summed E-state index contributed by atoms with van der Waals surface area (Å²) in [5.74, 6) is 4.06. The zero-order valence-electron chi connectivity index (χ0n) is 19.3. The van der Waals surface area contributed by atoms with Crippen molar-refractivity contribution >= 4 is 11.6 Å². The lowest BCUT2D eigenvalue weighted by Crippen LogP contribution is -2.51. The normalized spacial score (nSPS) is 44.3. The average molecular weight is 427 g/mol. The molecule has 0 radical (unpaired) electrons. The molecule has 0 unspecified atom stereocenters. The Morgan fingerprint density at radius 3 is 2.58 bits per heavy atom. The summed E-state index contributed by atoms with van der Waals surface area (Å²) in [4.78, 5) is 24.9. The number of hydrogen-bond acceptors (Lipinski definition) is 4. The number of aromatic nitrogens is 2. The second-order valence-corrected chi connectivity index (χ2v) is 11.8. The fourth-order valence-electron chi connectivity index (χ4n) is 8.52. The predicted octanol–water partition coefficient (Wildman–Crippen LogP) is 4.67. The van der Waals surface area contributed by atoms with E-state index >= 15 is 0 Å². The third-order valence-electron chi connectivity index (χ3n) is 9.94. The van der Waals surface area contributed by atoms with E-state index in [1.807, 2.05) is 6.92 Å². The Morgan fingerprint density at radius 1 is 1.06 bits per heavy atom. The maximum atomic E-state index is 13.3. The second-order valence-electron chi connectivity index (χ2n) is 11.8. The Morgan fingerprint density at radius 2 is 1.84 bits per heavy atom. The van der Waals surface area contributed by atoms with Crippen molar-refractivity contribution in [2.24, 2.45) is 40.9 Å². The van der Waals surface area contributed by atoms with Crippen LogP contribution >= 0.6 is 0 Å². The molecular weight excluding hydrogens is 388 g/mol. The van der Waals surface area contributed by atoms with Gasteiger partial charge in [0, 0.05) is 19.0 Å². The molecule has 5 heteroatoms. The van der Waals surface area contributed by atoms with Gasteiger partial charge in [0.2, 0.25) is 0 Å². The lowest BCUT2D eigenvalue weighted by atomic mass is 9.49. The van der Waals surface area contributed by atoms with Gasteiger partial charge in [0.25, 0.3) is 0 Å². The van der Waals surface area contributed by atoms with Crippen LogP contribution in [0.4, 0.5) is 0 Å². The first-order valence-corrected chi connectivity index (χ1v) is 12.5. The van der Waals surface area contributed by atoms with Gasteiger partial charge < -0.3 is 5.11 Å². The van der Waals surface area contributed by atoms with Crippen LogP contribution in [-0.4, -0.2) is 32.1 Å². The highest BCUT2D eigenvalue weighted by molar-refractivity contribution is 5.92. The Hall–Kier alpha value is -1.49. The van der Waals surface area contributed by atoms with E-state index < -0.39 is 5.60 Å². The maximum absolute atomic E-state index is 13.3. The third kappa shape index (κ3) is 3.61. The van der Waals surface area contributed by atoms with Crippen LogP contribution in [0.2, 0.25) is 0 Å². The summed E-state index contributed by atoms with van der Waals surface area (Å²) in [6.45, 7) is 6.22.